The first-order valence-corrected chi connectivity index (χ1v) is 8.12. The van der Waals surface area contributed by atoms with Gasteiger partial charge in [0.25, 0.3) is 5.91 Å². The van der Waals surface area contributed by atoms with E-state index >= 15 is 0 Å². The lowest BCUT2D eigenvalue weighted by Crippen LogP contribution is -2.14. The summed E-state index contributed by atoms with van der Waals surface area (Å²) >= 11 is 3.51. The van der Waals surface area contributed by atoms with Crippen molar-refractivity contribution in [2.45, 2.75) is 6.92 Å². The average molecular weight is 372 g/mol. The lowest BCUT2D eigenvalue weighted by atomic mass is 10.1. The maximum Gasteiger partial charge on any atom is 0.273 e. The fourth-order valence-corrected chi connectivity index (χ4v) is 3.32. The highest BCUT2D eigenvalue weighted by Gasteiger charge is 2.16. The van der Waals surface area contributed by atoms with E-state index in [0.717, 1.165) is 32.3 Å². The Hall–Kier alpha value is -2.27. The van der Waals surface area contributed by atoms with Crippen LogP contribution in [0.4, 0.5) is 11.4 Å². The fraction of sp³-hybridized carbons (Fsp3) is 0.167. The van der Waals surface area contributed by atoms with Crippen LogP contribution in [0.25, 0.3) is 10.9 Å². The number of amides is 1. The second kappa shape index (κ2) is 6.08. The molecule has 4 nitrogen and oxygen atoms in total. The molecule has 2 N–H and O–H groups in total. The third-order valence-corrected chi connectivity index (χ3v) is 4.63. The van der Waals surface area contributed by atoms with Crippen LogP contribution in [0.1, 0.15) is 16.1 Å². The molecule has 0 fully saturated rings. The van der Waals surface area contributed by atoms with Gasteiger partial charge in [0.2, 0.25) is 0 Å². The fourth-order valence-electron chi connectivity index (χ4n) is 2.69. The molecule has 0 unspecified atom stereocenters. The summed E-state index contributed by atoms with van der Waals surface area (Å²) in [5, 5.41) is 3.95. The van der Waals surface area contributed by atoms with Gasteiger partial charge in [-0.25, -0.2) is 0 Å². The van der Waals surface area contributed by atoms with E-state index in [1.54, 1.807) is 0 Å². The van der Waals surface area contributed by atoms with E-state index in [1.807, 2.05) is 63.5 Å². The summed E-state index contributed by atoms with van der Waals surface area (Å²) in [6.45, 7) is 2.03. The first kappa shape index (κ1) is 15.6. The van der Waals surface area contributed by atoms with Gasteiger partial charge in [-0.3, -0.25) is 4.79 Å². The number of rotatable bonds is 3. The quantitative estimate of drug-likeness (QED) is 0.708. The number of hydrogen-bond donors (Lipinski definition) is 2. The topological polar surface area (TPSA) is 48.1 Å². The average Bonchev–Trinajstić information content (AvgIpc) is 2.85. The van der Waals surface area contributed by atoms with Crippen LogP contribution in [0.15, 0.2) is 46.9 Å². The van der Waals surface area contributed by atoms with Gasteiger partial charge in [0.1, 0.15) is 5.69 Å². The van der Waals surface area contributed by atoms with E-state index in [9.17, 15) is 4.79 Å². The van der Waals surface area contributed by atoms with Crippen LogP contribution in [0, 0.1) is 6.92 Å². The van der Waals surface area contributed by atoms with Crippen molar-refractivity contribution in [3.63, 3.8) is 0 Å². The molecule has 23 heavy (non-hydrogen) atoms. The highest BCUT2D eigenvalue weighted by molar-refractivity contribution is 9.10. The molecule has 0 saturated carbocycles. The van der Waals surface area contributed by atoms with Gasteiger partial charge in [0.05, 0.1) is 4.47 Å². The zero-order valence-corrected chi connectivity index (χ0v) is 14.9. The summed E-state index contributed by atoms with van der Waals surface area (Å²) < 4.78 is 0.784. The van der Waals surface area contributed by atoms with Crippen LogP contribution < -0.4 is 10.2 Å². The number of aryl methyl sites for hydroxylation is 1. The van der Waals surface area contributed by atoms with Crippen LogP contribution in [-0.2, 0) is 0 Å². The molecule has 118 valence electrons. The van der Waals surface area contributed by atoms with E-state index in [2.05, 4.69) is 31.1 Å². The third-order valence-electron chi connectivity index (χ3n) is 3.81. The second-order valence-electron chi connectivity index (χ2n) is 5.71. The number of carbonyl (C=O) groups excluding carboxylic acids is 1. The van der Waals surface area contributed by atoms with Crippen LogP contribution in [0.5, 0.6) is 0 Å². The van der Waals surface area contributed by atoms with Crippen LogP contribution >= 0.6 is 15.9 Å². The number of H-pyrrole nitrogens is 1. The van der Waals surface area contributed by atoms with Crippen LogP contribution in [0.2, 0.25) is 0 Å². The molecule has 0 radical (unpaired) electrons. The van der Waals surface area contributed by atoms with Crippen molar-refractivity contribution in [1.29, 1.82) is 0 Å². The van der Waals surface area contributed by atoms with Crippen molar-refractivity contribution < 1.29 is 4.79 Å². The molecule has 2 aromatic carbocycles. The van der Waals surface area contributed by atoms with Gasteiger partial charge in [0, 0.05) is 36.4 Å². The Morgan fingerprint density at radius 2 is 1.91 bits per heavy atom. The predicted molar refractivity (Wildman–Crippen MR) is 99.5 cm³/mol. The Kier molecular flexibility index (Phi) is 4.13. The molecule has 3 aromatic rings. The molecule has 1 amide bonds. The van der Waals surface area contributed by atoms with Gasteiger partial charge in [-0.05, 0) is 52.7 Å². The Labute approximate surface area is 143 Å². The predicted octanol–water partition coefficient (Wildman–Crippen LogP) is 4.56. The van der Waals surface area contributed by atoms with E-state index in [-0.39, 0.29) is 5.91 Å². The molecular formula is C18H18BrN3O. The largest absolute Gasteiger partial charge is 0.377 e. The van der Waals surface area contributed by atoms with Crippen molar-refractivity contribution in [1.82, 2.24) is 4.98 Å². The molecule has 0 atom stereocenters. The number of carbonyl (C=O) groups is 1. The second-order valence-corrected chi connectivity index (χ2v) is 6.50. The molecule has 1 aromatic heterocycles. The zero-order chi connectivity index (χ0) is 16.6. The molecule has 0 saturated heterocycles. The standard InChI is InChI=1S/C18H18BrN3O/c1-11-10-12(8-9-15(11)22(2)3)20-18(23)17-16(19)13-6-4-5-7-14(13)21-17/h4-10,21H,1-3H3,(H,20,23). The van der Waals surface area contributed by atoms with Crippen molar-refractivity contribution in [2.75, 3.05) is 24.3 Å². The van der Waals surface area contributed by atoms with Crippen molar-refractivity contribution in [3.8, 4) is 0 Å². The van der Waals surface area contributed by atoms with Gasteiger partial charge in [-0.1, -0.05) is 18.2 Å². The van der Waals surface area contributed by atoms with Gasteiger partial charge >= 0.3 is 0 Å². The molecule has 3 rings (SSSR count). The molecular weight excluding hydrogens is 354 g/mol. The van der Waals surface area contributed by atoms with Crippen LogP contribution in [-0.4, -0.2) is 25.0 Å². The number of fused-ring (bicyclic) bond motifs is 1. The summed E-state index contributed by atoms with van der Waals surface area (Å²) in [6.07, 6.45) is 0. The summed E-state index contributed by atoms with van der Waals surface area (Å²) in [5.74, 6) is -0.162. The summed E-state index contributed by atoms with van der Waals surface area (Å²) in [7, 11) is 4.00. The number of aromatic amines is 1. The summed E-state index contributed by atoms with van der Waals surface area (Å²) in [6, 6.07) is 13.7. The molecule has 0 aliphatic heterocycles. The lowest BCUT2D eigenvalue weighted by molar-refractivity contribution is 0.102. The normalized spacial score (nSPS) is 10.8. The minimum absolute atomic E-state index is 0.162. The van der Waals surface area contributed by atoms with Gasteiger partial charge < -0.3 is 15.2 Å². The Balaban J connectivity index is 1.89. The minimum Gasteiger partial charge on any atom is -0.377 e. The third kappa shape index (κ3) is 2.97. The molecule has 0 aliphatic rings. The number of anilines is 2. The Morgan fingerprint density at radius 3 is 2.57 bits per heavy atom. The minimum atomic E-state index is -0.162. The molecule has 0 bridgehead atoms. The van der Waals surface area contributed by atoms with E-state index in [0.29, 0.717) is 5.69 Å². The number of nitrogens with one attached hydrogen (secondary N) is 2. The smallest absolute Gasteiger partial charge is 0.273 e. The number of halogens is 1. The van der Waals surface area contributed by atoms with Crippen molar-refractivity contribution in [3.05, 3.63) is 58.2 Å². The van der Waals surface area contributed by atoms with Crippen molar-refractivity contribution in [2.24, 2.45) is 0 Å². The lowest BCUT2D eigenvalue weighted by Gasteiger charge is -2.16. The van der Waals surface area contributed by atoms with Gasteiger partial charge in [-0.2, -0.15) is 0 Å². The summed E-state index contributed by atoms with van der Waals surface area (Å²) in [5.41, 5.74) is 4.49. The summed E-state index contributed by atoms with van der Waals surface area (Å²) in [4.78, 5) is 17.8. The van der Waals surface area contributed by atoms with E-state index in [4.69, 9.17) is 0 Å². The molecule has 5 heteroatoms. The van der Waals surface area contributed by atoms with Crippen LogP contribution in [0.3, 0.4) is 0 Å². The van der Waals surface area contributed by atoms with Crippen molar-refractivity contribution >= 4 is 44.1 Å². The number of hydrogen-bond acceptors (Lipinski definition) is 2. The highest BCUT2D eigenvalue weighted by Crippen LogP contribution is 2.29. The first-order valence-electron chi connectivity index (χ1n) is 7.33. The Morgan fingerprint density at radius 1 is 1.17 bits per heavy atom. The van der Waals surface area contributed by atoms with Gasteiger partial charge in [0.15, 0.2) is 0 Å². The molecule has 0 spiro atoms. The first-order chi connectivity index (χ1) is 11.0. The monoisotopic (exact) mass is 371 g/mol. The molecule has 0 aliphatic carbocycles. The number of aromatic nitrogens is 1. The Bertz CT molecular complexity index is 883. The van der Waals surface area contributed by atoms with E-state index in [1.165, 1.54) is 0 Å². The molecule has 1 heterocycles. The SMILES string of the molecule is Cc1cc(NC(=O)c2[nH]c3ccccc3c2Br)ccc1N(C)C. The number of nitrogens with zero attached hydrogens (tertiary/aromatic N) is 1. The maximum atomic E-state index is 12.6. The highest BCUT2D eigenvalue weighted by atomic mass is 79.9. The maximum absolute atomic E-state index is 12.6. The number of benzene rings is 2. The zero-order valence-electron chi connectivity index (χ0n) is 13.3. The van der Waals surface area contributed by atoms with Gasteiger partial charge in [-0.15, -0.1) is 0 Å². The number of para-hydroxylation sites is 1. The van der Waals surface area contributed by atoms with E-state index < -0.39 is 0 Å².